The molecule has 0 aliphatic heterocycles. The number of allylic oxidation sites excluding steroid dienone is 1. The summed E-state index contributed by atoms with van der Waals surface area (Å²) >= 11 is 12.1. The molecule has 10 heavy (non-hydrogen) atoms. The lowest BCUT2D eigenvalue weighted by molar-refractivity contribution is 1.07. The summed E-state index contributed by atoms with van der Waals surface area (Å²) in [6.07, 6.45) is 4.16. The van der Waals surface area contributed by atoms with Crippen molar-refractivity contribution in [3.05, 3.63) is 11.8 Å². The third-order valence-corrected chi connectivity index (χ3v) is 4.96. The van der Waals surface area contributed by atoms with E-state index in [1.807, 2.05) is 5.70 Å². The SMILES string of the molecule is CCC=C[Si](Cl)(Cl)CCC. The van der Waals surface area contributed by atoms with E-state index in [0.29, 0.717) is 0 Å². The first-order chi connectivity index (χ1) is 4.62. The molecule has 0 N–H and O–H groups in total. The highest BCUT2D eigenvalue weighted by atomic mass is 35.7. The van der Waals surface area contributed by atoms with Crippen LogP contribution in [-0.4, -0.2) is 6.69 Å². The van der Waals surface area contributed by atoms with Gasteiger partial charge in [-0.3, -0.25) is 0 Å². The molecule has 0 radical (unpaired) electrons. The summed E-state index contributed by atoms with van der Waals surface area (Å²) < 4.78 is 0. The van der Waals surface area contributed by atoms with Crippen molar-refractivity contribution < 1.29 is 0 Å². The Kier molecular flexibility index (Phi) is 5.50. The molecule has 0 saturated carbocycles. The van der Waals surface area contributed by atoms with Gasteiger partial charge in [-0.2, -0.15) is 0 Å². The lowest BCUT2D eigenvalue weighted by atomic mass is 10.5. The van der Waals surface area contributed by atoms with Crippen LogP contribution in [0.1, 0.15) is 26.7 Å². The minimum Gasteiger partial charge on any atom is -0.140 e. The summed E-state index contributed by atoms with van der Waals surface area (Å²) in [6.45, 7) is 2.23. The molecule has 0 aliphatic carbocycles. The lowest BCUT2D eigenvalue weighted by Gasteiger charge is -2.08. The molecule has 0 fully saturated rings. The molecule has 0 spiro atoms. The van der Waals surface area contributed by atoms with Gasteiger partial charge in [0.2, 0.25) is 0 Å². The van der Waals surface area contributed by atoms with E-state index >= 15 is 0 Å². The molecule has 0 nitrogen and oxygen atoms in total. The molecule has 0 amide bonds. The molecule has 0 aromatic heterocycles. The van der Waals surface area contributed by atoms with Crippen molar-refractivity contribution in [3.8, 4) is 0 Å². The summed E-state index contributed by atoms with van der Waals surface area (Å²) in [5.74, 6) is 0. The lowest BCUT2D eigenvalue weighted by Crippen LogP contribution is -2.14. The smallest absolute Gasteiger partial charge is 0.140 e. The van der Waals surface area contributed by atoms with Crippen LogP contribution in [0.25, 0.3) is 0 Å². The van der Waals surface area contributed by atoms with E-state index in [1.54, 1.807) is 0 Å². The normalized spacial score (nSPS) is 12.8. The van der Waals surface area contributed by atoms with E-state index in [-0.39, 0.29) is 0 Å². The Morgan fingerprint density at radius 1 is 1.30 bits per heavy atom. The highest BCUT2D eigenvalue weighted by Crippen LogP contribution is 2.23. The zero-order valence-electron chi connectivity index (χ0n) is 6.53. The van der Waals surface area contributed by atoms with Crippen LogP contribution in [0.15, 0.2) is 11.8 Å². The predicted molar refractivity (Wildman–Crippen MR) is 52.0 cm³/mol. The van der Waals surface area contributed by atoms with Crippen LogP contribution in [0.3, 0.4) is 0 Å². The van der Waals surface area contributed by atoms with Gasteiger partial charge in [-0.05, 0) is 12.5 Å². The molecule has 3 heteroatoms. The van der Waals surface area contributed by atoms with Crippen molar-refractivity contribution in [1.29, 1.82) is 0 Å². The molecular weight excluding hydrogens is 183 g/mol. The Balaban J connectivity index is 3.73. The topological polar surface area (TPSA) is 0 Å². The second kappa shape index (κ2) is 5.22. The maximum Gasteiger partial charge on any atom is 0.273 e. The minimum absolute atomic E-state index is 0.965. The maximum absolute atomic E-state index is 6.03. The van der Waals surface area contributed by atoms with Gasteiger partial charge in [-0.15, -0.1) is 22.2 Å². The molecule has 0 aliphatic rings. The molecule has 0 bridgehead atoms. The van der Waals surface area contributed by atoms with Gasteiger partial charge in [0, 0.05) is 0 Å². The van der Waals surface area contributed by atoms with Crippen molar-refractivity contribution in [3.63, 3.8) is 0 Å². The minimum atomic E-state index is -1.96. The fourth-order valence-corrected chi connectivity index (χ4v) is 3.79. The van der Waals surface area contributed by atoms with E-state index in [1.165, 1.54) is 0 Å². The number of hydrogen-bond acceptors (Lipinski definition) is 0. The molecule has 0 atom stereocenters. The first-order valence-electron chi connectivity index (χ1n) is 3.68. The van der Waals surface area contributed by atoms with Gasteiger partial charge in [0.1, 0.15) is 0 Å². The standard InChI is InChI=1S/C7H14Cl2Si/c1-3-5-7-10(8,9)6-4-2/h5,7H,3-4,6H2,1-2H3. The van der Waals surface area contributed by atoms with Crippen LogP contribution >= 0.6 is 22.2 Å². The van der Waals surface area contributed by atoms with Crippen molar-refractivity contribution in [2.24, 2.45) is 0 Å². The monoisotopic (exact) mass is 196 g/mol. The summed E-state index contributed by atoms with van der Waals surface area (Å²) in [7, 11) is 0. The second-order valence-corrected chi connectivity index (χ2v) is 9.30. The Morgan fingerprint density at radius 2 is 1.90 bits per heavy atom. The zero-order valence-corrected chi connectivity index (χ0v) is 9.04. The van der Waals surface area contributed by atoms with Crippen LogP contribution in [0.2, 0.25) is 6.04 Å². The summed E-state index contributed by atoms with van der Waals surface area (Å²) in [5.41, 5.74) is 2.00. The van der Waals surface area contributed by atoms with Gasteiger partial charge in [0.05, 0.1) is 0 Å². The highest BCUT2D eigenvalue weighted by molar-refractivity contribution is 7.47. The largest absolute Gasteiger partial charge is 0.273 e. The fourth-order valence-electron chi connectivity index (χ4n) is 0.707. The average molecular weight is 197 g/mol. The van der Waals surface area contributed by atoms with Gasteiger partial charge < -0.3 is 0 Å². The van der Waals surface area contributed by atoms with E-state index in [9.17, 15) is 0 Å². The van der Waals surface area contributed by atoms with Gasteiger partial charge in [-0.25, -0.2) is 0 Å². The first kappa shape index (κ1) is 10.5. The van der Waals surface area contributed by atoms with Crippen LogP contribution in [0.5, 0.6) is 0 Å². The summed E-state index contributed by atoms with van der Waals surface area (Å²) in [5, 5.41) is 0. The summed E-state index contributed by atoms with van der Waals surface area (Å²) in [6, 6.07) is 0.965. The first-order valence-corrected chi connectivity index (χ1v) is 7.98. The number of halogens is 2. The van der Waals surface area contributed by atoms with E-state index in [0.717, 1.165) is 18.9 Å². The molecule has 0 heterocycles. The van der Waals surface area contributed by atoms with Gasteiger partial charge >= 0.3 is 0 Å². The average Bonchev–Trinajstić information content (AvgIpc) is 1.84. The van der Waals surface area contributed by atoms with Crippen LogP contribution in [-0.2, 0) is 0 Å². The second-order valence-electron chi connectivity index (χ2n) is 2.32. The Hall–Kier alpha value is 0.537. The highest BCUT2D eigenvalue weighted by Gasteiger charge is 2.22. The van der Waals surface area contributed by atoms with Crippen LogP contribution < -0.4 is 0 Å². The van der Waals surface area contributed by atoms with Crippen molar-refractivity contribution in [2.45, 2.75) is 32.7 Å². The van der Waals surface area contributed by atoms with E-state index in [2.05, 4.69) is 19.9 Å². The molecule has 0 aromatic rings. The van der Waals surface area contributed by atoms with Gasteiger partial charge in [0.15, 0.2) is 0 Å². The van der Waals surface area contributed by atoms with Gasteiger partial charge in [0.25, 0.3) is 6.69 Å². The van der Waals surface area contributed by atoms with Crippen molar-refractivity contribution >= 4 is 28.9 Å². The number of hydrogen-bond donors (Lipinski definition) is 0. The molecule has 60 valence electrons. The van der Waals surface area contributed by atoms with Crippen molar-refractivity contribution in [2.75, 3.05) is 0 Å². The zero-order chi connectivity index (χ0) is 8.04. The van der Waals surface area contributed by atoms with Gasteiger partial charge in [-0.1, -0.05) is 32.0 Å². The Bertz CT molecular complexity index is 110. The van der Waals surface area contributed by atoms with Crippen LogP contribution in [0, 0.1) is 0 Å². The molecule has 0 rings (SSSR count). The fraction of sp³-hybridized carbons (Fsp3) is 0.714. The molecular formula is C7H14Cl2Si. The maximum atomic E-state index is 6.03. The Labute approximate surface area is 73.6 Å². The third-order valence-electron chi connectivity index (χ3n) is 1.18. The molecule has 0 unspecified atom stereocenters. The predicted octanol–water partition coefficient (Wildman–Crippen LogP) is 3.82. The van der Waals surface area contributed by atoms with E-state index < -0.39 is 6.69 Å². The van der Waals surface area contributed by atoms with Crippen LogP contribution in [0.4, 0.5) is 0 Å². The summed E-state index contributed by atoms with van der Waals surface area (Å²) in [4.78, 5) is 0. The molecule has 0 saturated heterocycles. The Morgan fingerprint density at radius 3 is 2.30 bits per heavy atom. The number of rotatable bonds is 4. The molecule has 0 aromatic carbocycles. The van der Waals surface area contributed by atoms with Crippen molar-refractivity contribution in [1.82, 2.24) is 0 Å². The quantitative estimate of drug-likeness (QED) is 0.474. The van der Waals surface area contributed by atoms with E-state index in [4.69, 9.17) is 22.2 Å². The third kappa shape index (κ3) is 5.33.